The average molecular weight is 245 g/mol. The van der Waals surface area contributed by atoms with Crippen molar-refractivity contribution >= 4 is 11.6 Å². The van der Waals surface area contributed by atoms with Crippen LogP contribution in [0.25, 0.3) is 0 Å². The van der Waals surface area contributed by atoms with E-state index in [9.17, 15) is 5.11 Å². The lowest BCUT2D eigenvalue weighted by Crippen LogP contribution is -1.95. The molecule has 0 amide bonds. The summed E-state index contributed by atoms with van der Waals surface area (Å²) in [7, 11) is 0. The molecular weight excluding hydrogens is 232 g/mol. The van der Waals surface area contributed by atoms with Crippen molar-refractivity contribution in [3.05, 3.63) is 70.2 Å². The van der Waals surface area contributed by atoms with Gasteiger partial charge in [-0.1, -0.05) is 48.0 Å². The third kappa shape index (κ3) is 1.86. The first-order valence-electron chi connectivity index (χ1n) is 5.78. The Hall–Kier alpha value is -1.31. The molecule has 2 atom stereocenters. The van der Waals surface area contributed by atoms with Crippen LogP contribution in [0.5, 0.6) is 0 Å². The molecule has 17 heavy (non-hydrogen) atoms. The molecular formula is C15H13ClO. The van der Waals surface area contributed by atoms with Crippen LogP contribution in [0.4, 0.5) is 0 Å². The van der Waals surface area contributed by atoms with Gasteiger partial charge in [-0.2, -0.15) is 0 Å². The van der Waals surface area contributed by atoms with Crippen LogP contribution < -0.4 is 0 Å². The van der Waals surface area contributed by atoms with Crippen molar-refractivity contribution in [3.63, 3.8) is 0 Å². The molecule has 3 rings (SSSR count). The third-order valence-corrected chi connectivity index (χ3v) is 3.71. The summed E-state index contributed by atoms with van der Waals surface area (Å²) in [5.74, 6) is 0.290. The summed E-state index contributed by atoms with van der Waals surface area (Å²) < 4.78 is 0. The lowest BCUT2D eigenvalue weighted by Gasteiger charge is -2.11. The summed E-state index contributed by atoms with van der Waals surface area (Å²) in [5.41, 5.74) is 3.52. The summed E-state index contributed by atoms with van der Waals surface area (Å²) in [6.07, 6.45) is 0.424. The second kappa shape index (κ2) is 4.17. The Morgan fingerprint density at radius 3 is 2.29 bits per heavy atom. The molecule has 2 aromatic carbocycles. The van der Waals surface area contributed by atoms with Gasteiger partial charge in [-0.3, -0.25) is 0 Å². The Labute approximate surface area is 106 Å². The Balaban J connectivity index is 2.04. The first-order chi connectivity index (χ1) is 8.25. The monoisotopic (exact) mass is 244 g/mol. The smallest absolute Gasteiger partial charge is 0.0802 e. The van der Waals surface area contributed by atoms with Crippen molar-refractivity contribution in [3.8, 4) is 0 Å². The zero-order valence-corrected chi connectivity index (χ0v) is 10.1. The van der Waals surface area contributed by atoms with E-state index in [2.05, 4.69) is 6.07 Å². The highest BCUT2D eigenvalue weighted by atomic mass is 35.5. The van der Waals surface area contributed by atoms with Crippen LogP contribution in [0.2, 0.25) is 5.02 Å². The minimum Gasteiger partial charge on any atom is -0.388 e. The second-order valence-corrected chi connectivity index (χ2v) is 4.92. The first kappa shape index (κ1) is 10.8. The molecule has 1 aliphatic carbocycles. The minimum absolute atomic E-state index is 0.290. The van der Waals surface area contributed by atoms with Gasteiger partial charge in [0.15, 0.2) is 0 Å². The van der Waals surface area contributed by atoms with E-state index < -0.39 is 0 Å². The molecule has 0 saturated carbocycles. The van der Waals surface area contributed by atoms with E-state index in [0.29, 0.717) is 5.92 Å². The molecule has 1 N–H and O–H groups in total. The molecule has 2 heteroatoms. The highest BCUT2D eigenvalue weighted by Gasteiger charge is 2.29. The maximum Gasteiger partial charge on any atom is 0.0802 e. The van der Waals surface area contributed by atoms with Crippen molar-refractivity contribution in [2.75, 3.05) is 0 Å². The standard InChI is InChI=1S/C15H13ClO/c16-11-7-5-10(6-8-11)14-9-15(17)13-4-2-1-3-12(13)14/h1-8,14-15,17H,9H2/t14-,15-/m1/s1. The van der Waals surface area contributed by atoms with Crippen molar-refractivity contribution in [1.82, 2.24) is 0 Å². The van der Waals surface area contributed by atoms with E-state index in [1.54, 1.807) is 0 Å². The Morgan fingerprint density at radius 1 is 0.941 bits per heavy atom. The third-order valence-electron chi connectivity index (χ3n) is 3.46. The van der Waals surface area contributed by atoms with Gasteiger partial charge in [0.1, 0.15) is 0 Å². The number of fused-ring (bicyclic) bond motifs is 1. The fraction of sp³-hybridized carbons (Fsp3) is 0.200. The van der Waals surface area contributed by atoms with Crippen molar-refractivity contribution in [1.29, 1.82) is 0 Å². The van der Waals surface area contributed by atoms with E-state index >= 15 is 0 Å². The van der Waals surface area contributed by atoms with Crippen molar-refractivity contribution in [2.45, 2.75) is 18.4 Å². The summed E-state index contributed by atoms with van der Waals surface area (Å²) in [6, 6.07) is 16.0. The van der Waals surface area contributed by atoms with Gasteiger partial charge in [-0.05, 0) is 35.2 Å². The SMILES string of the molecule is O[C@@H]1C[C@H](c2ccc(Cl)cc2)c2ccccc21. The quantitative estimate of drug-likeness (QED) is 0.807. The van der Waals surface area contributed by atoms with Crippen LogP contribution in [0.1, 0.15) is 35.1 Å². The highest BCUT2D eigenvalue weighted by Crippen LogP contribution is 2.43. The van der Waals surface area contributed by atoms with Crippen LogP contribution >= 0.6 is 11.6 Å². The van der Waals surface area contributed by atoms with E-state index in [1.165, 1.54) is 11.1 Å². The predicted molar refractivity (Wildman–Crippen MR) is 69.3 cm³/mol. The zero-order valence-electron chi connectivity index (χ0n) is 9.31. The Kier molecular flexibility index (Phi) is 2.65. The summed E-state index contributed by atoms with van der Waals surface area (Å²) >= 11 is 5.90. The number of aliphatic hydroxyl groups excluding tert-OH is 1. The molecule has 0 spiro atoms. The molecule has 2 aromatic rings. The van der Waals surface area contributed by atoms with Crippen LogP contribution in [0.15, 0.2) is 48.5 Å². The van der Waals surface area contributed by atoms with E-state index in [0.717, 1.165) is 17.0 Å². The fourth-order valence-corrected chi connectivity index (χ4v) is 2.75. The summed E-state index contributed by atoms with van der Waals surface area (Å²) in [4.78, 5) is 0. The minimum atomic E-state index is -0.341. The molecule has 0 heterocycles. The molecule has 86 valence electrons. The highest BCUT2D eigenvalue weighted by molar-refractivity contribution is 6.30. The molecule has 0 aliphatic heterocycles. The Bertz CT molecular complexity index is 533. The van der Waals surface area contributed by atoms with Crippen molar-refractivity contribution in [2.24, 2.45) is 0 Å². The zero-order chi connectivity index (χ0) is 11.8. The number of hydrogen-bond acceptors (Lipinski definition) is 1. The number of benzene rings is 2. The maximum absolute atomic E-state index is 10.0. The fourth-order valence-electron chi connectivity index (χ4n) is 2.62. The number of hydrogen-bond donors (Lipinski definition) is 1. The number of halogens is 1. The summed E-state index contributed by atoms with van der Waals surface area (Å²) in [5, 5.41) is 10.8. The number of rotatable bonds is 1. The predicted octanol–water partition coefficient (Wildman–Crippen LogP) is 3.91. The van der Waals surface area contributed by atoms with E-state index in [1.807, 2.05) is 42.5 Å². The molecule has 0 fully saturated rings. The summed E-state index contributed by atoms with van der Waals surface area (Å²) in [6.45, 7) is 0. The Morgan fingerprint density at radius 2 is 1.59 bits per heavy atom. The number of aliphatic hydroxyl groups is 1. The van der Waals surface area contributed by atoms with Gasteiger partial charge in [-0.15, -0.1) is 0 Å². The molecule has 0 bridgehead atoms. The first-order valence-corrected chi connectivity index (χ1v) is 6.16. The van der Waals surface area contributed by atoms with E-state index in [-0.39, 0.29) is 6.10 Å². The van der Waals surface area contributed by atoms with Gasteiger partial charge >= 0.3 is 0 Å². The topological polar surface area (TPSA) is 20.2 Å². The van der Waals surface area contributed by atoms with Crippen LogP contribution in [0.3, 0.4) is 0 Å². The van der Waals surface area contributed by atoms with Crippen LogP contribution in [-0.4, -0.2) is 5.11 Å². The molecule has 0 unspecified atom stereocenters. The van der Waals surface area contributed by atoms with E-state index in [4.69, 9.17) is 11.6 Å². The molecule has 1 aliphatic rings. The maximum atomic E-state index is 10.0. The molecule has 0 aromatic heterocycles. The van der Waals surface area contributed by atoms with Crippen LogP contribution in [0, 0.1) is 0 Å². The van der Waals surface area contributed by atoms with Gasteiger partial charge in [0.2, 0.25) is 0 Å². The van der Waals surface area contributed by atoms with Crippen LogP contribution in [-0.2, 0) is 0 Å². The normalized spacial score (nSPS) is 22.5. The lowest BCUT2D eigenvalue weighted by atomic mass is 9.93. The largest absolute Gasteiger partial charge is 0.388 e. The van der Waals surface area contributed by atoms with Gasteiger partial charge in [0, 0.05) is 10.9 Å². The van der Waals surface area contributed by atoms with Gasteiger partial charge in [0.05, 0.1) is 6.10 Å². The molecule has 1 nitrogen and oxygen atoms in total. The lowest BCUT2D eigenvalue weighted by molar-refractivity contribution is 0.176. The molecule has 0 saturated heterocycles. The van der Waals surface area contributed by atoms with Gasteiger partial charge in [-0.25, -0.2) is 0 Å². The molecule has 0 radical (unpaired) electrons. The van der Waals surface area contributed by atoms with Gasteiger partial charge < -0.3 is 5.11 Å². The average Bonchev–Trinajstić information content (AvgIpc) is 2.69. The van der Waals surface area contributed by atoms with Gasteiger partial charge in [0.25, 0.3) is 0 Å². The second-order valence-electron chi connectivity index (χ2n) is 4.48. The van der Waals surface area contributed by atoms with Crippen molar-refractivity contribution < 1.29 is 5.11 Å².